The van der Waals surface area contributed by atoms with Crippen molar-refractivity contribution in [2.45, 2.75) is 19.0 Å². The third kappa shape index (κ3) is 5.93. The van der Waals surface area contributed by atoms with E-state index in [0.717, 1.165) is 23.1 Å². The van der Waals surface area contributed by atoms with Crippen LogP contribution in [0.15, 0.2) is 83.3 Å². The Morgan fingerprint density at radius 3 is 2.25 bits per heavy atom. The molecule has 4 aromatic rings. The lowest BCUT2D eigenvalue weighted by atomic mass is 10.0. The molecule has 0 spiro atoms. The van der Waals surface area contributed by atoms with E-state index < -0.39 is 29.6 Å². The molecule has 0 fully saturated rings. The highest BCUT2D eigenvalue weighted by Gasteiger charge is 2.32. The third-order valence-electron chi connectivity index (χ3n) is 5.49. The highest BCUT2D eigenvalue weighted by molar-refractivity contribution is 6.36. The molecule has 0 unspecified atom stereocenters. The van der Waals surface area contributed by atoms with Crippen LogP contribution in [0.3, 0.4) is 0 Å². The maximum Gasteiger partial charge on any atom is 0.326 e. The molecule has 9 heteroatoms. The van der Waals surface area contributed by atoms with E-state index in [1.807, 2.05) is 0 Å². The first-order chi connectivity index (χ1) is 17.2. The minimum absolute atomic E-state index is 0.0236. The maximum atomic E-state index is 13.7. The number of carboxylic acid groups (broad SMARTS) is 1. The number of furan rings is 1. The van der Waals surface area contributed by atoms with Crippen molar-refractivity contribution >= 4 is 35.1 Å². The van der Waals surface area contributed by atoms with E-state index in [1.165, 1.54) is 30.3 Å². The van der Waals surface area contributed by atoms with Crippen molar-refractivity contribution in [3.8, 4) is 11.3 Å². The number of amides is 1. The van der Waals surface area contributed by atoms with Gasteiger partial charge in [0.2, 0.25) is 0 Å². The van der Waals surface area contributed by atoms with Crippen LogP contribution in [0.2, 0.25) is 10.0 Å². The van der Waals surface area contributed by atoms with Gasteiger partial charge in [0, 0.05) is 23.1 Å². The second-order valence-corrected chi connectivity index (χ2v) is 8.87. The highest BCUT2D eigenvalue weighted by Crippen LogP contribution is 2.28. The normalized spacial score (nSPS) is 11.8. The van der Waals surface area contributed by atoms with Crippen LogP contribution < -0.4 is 0 Å². The van der Waals surface area contributed by atoms with Gasteiger partial charge in [-0.1, -0.05) is 53.5 Å². The van der Waals surface area contributed by atoms with E-state index in [2.05, 4.69) is 0 Å². The van der Waals surface area contributed by atoms with Crippen molar-refractivity contribution in [3.05, 3.63) is 117 Å². The number of carbonyl (C=O) groups excluding carboxylic acids is 1. The number of benzene rings is 3. The summed E-state index contributed by atoms with van der Waals surface area (Å²) in [7, 11) is 0. The van der Waals surface area contributed by atoms with E-state index in [9.17, 15) is 23.5 Å². The summed E-state index contributed by atoms with van der Waals surface area (Å²) in [6.07, 6.45) is 0.0236. The highest BCUT2D eigenvalue weighted by atomic mass is 35.5. The monoisotopic (exact) mass is 529 g/mol. The largest absolute Gasteiger partial charge is 0.480 e. The van der Waals surface area contributed by atoms with Crippen molar-refractivity contribution in [2.24, 2.45) is 0 Å². The second-order valence-electron chi connectivity index (χ2n) is 8.03. The average Bonchev–Trinajstić information content (AvgIpc) is 3.30. The van der Waals surface area contributed by atoms with Crippen LogP contribution in [0.5, 0.6) is 0 Å². The zero-order valence-electron chi connectivity index (χ0n) is 18.6. The smallest absolute Gasteiger partial charge is 0.326 e. The van der Waals surface area contributed by atoms with Gasteiger partial charge in [0.05, 0.1) is 17.1 Å². The van der Waals surface area contributed by atoms with Crippen molar-refractivity contribution in [2.75, 3.05) is 0 Å². The molecule has 0 aliphatic rings. The summed E-state index contributed by atoms with van der Waals surface area (Å²) in [5, 5.41) is 10.5. The molecule has 4 rings (SSSR count). The van der Waals surface area contributed by atoms with Gasteiger partial charge in [-0.2, -0.15) is 0 Å². The molecule has 1 N–H and O–H groups in total. The van der Waals surface area contributed by atoms with Gasteiger partial charge in [0.1, 0.15) is 29.2 Å². The van der Waals surface area contributed by atoms with Crippen LogP contribution in [0, 0.1) is 11.6 Å². The maximum absolute atomic E-state index is 13.7. The molecule has 1 heterocycles. The average molecular weight is 530 g/mol. The van der Waals surface area contributed by atoms with E-state index in [-0.39, 0.29) is 40.6 Å². The Bertz CT molecular complexity index is 1390. The summed E-state index contributed by atoms with van der Waals surface area (Å²) in [4.78, 5) is 27.1. The lowest BCUT2D eigenvalue weighted by Crippen LogP contribution is -2.46. The van der Waals surface area contributed by atoms with E-state index in [0.29, 0.717) is 10.6 Å². The van der Waals surface area contributed by atoms with Crippen LogP contribution in [0.1, 0.15) is 21.7 Å². The predicted molar refractivity (Wildman–Crippen MR) is 132 cm³/mol. The molecule has 184 valence electrons. The SMILES string of the molecule is O=C(O)[C@H](Cc1ccccc1)N(Cc1ccc(-c2cc(F)cc(F)c2)o1)C(=O)c1ccc(Cl)cc1Cl. The standard InChI is InChI=1S/C27H19Cl2F2NO4/c28-18-6-8-22(23(29)13-18)26(33)32(24(27(34)35)10-16-4-2-1-3-5-16)15-21-7-9-25(36-21)17-11-19(30)14-20(31)12-17/h1-9,11-14,24H,10,15H2,(H,34,35)/t24-/m0/s1. The second kappa shape index (κ2) is 10.9. The zero-order valence-corrected chi connectivity index (χ0v) is 20.1. The van der Waals surface area contributed by atoms with E-state index in [1.54, 1.807) is 30.3 Å². The molecule has 36 heavy (non-hydrogen) atoms. The fourth-order valence-electron chi connectivity index (χ4n) is 3.79. The molecule has 1 atom stereocenters. The van der Waals surface area contributed by atoms with Crippen LogP contribution >= 0.6 is 23.2 Å². The van der Waals surface area contributed by atoms with Gasteiger partial charge in [0.15, 0.2) is 0 Å². The number of nitrogens with zero attached hydrogens (tertiary/aromatic N) is 1. The van der Waals surface area contributed by atoms with Gasteiger partial charge >= 0.3 is 5.97 Å². The van der Waals surface area contributed by atoms with Crippen molar-refractivity contribution in [1.29, 1.82) is 0 Å². The molecule has 0 aliphatic heterocycles. The molecule has 5 nitrogen and oxygen atoms in total. The fourth-order valence-corrected chi connectivity index (χ4v) is 4.28. The van der Waals surface area contributed by atoms with Gasteiger partial charge < -0.3 is 14.4 Å². The van der Waals surface area contributed by atoms with E-state index in [4.69, 9.17) is 27.6 Å². The number of aliphatic carboxylic acids is 1. The Kier molecular flexibility index (Phi) is 7.72. The van der Waals surface area contributed by atoms with Crippen LogP contribution in [-0.4, -0.2) is 27.9 Å². The predicted octanol–water partition coefficient (Wildman–Crippen LogP) is 6.87. The van der Waals surface area contributed by atoms with Crippen molar-refractivity contribution in [1.82, 2.24) is 4.90 Å². The summed E-state index contributed by atoms with van der Waals surface area (Å²) >= 11 is 12.2. The van der Waals surface area contributed by atoms with Crippen molar-refractivity contribution in [3.63, 3.8) is 0 Å². The van der Waals surface area contributed by atoms with Gasteiger partial charge in [-0.05, 0) is 48.0 Å². The molecule has 0 saturated carbocycles. The number of carboxylic acids is 1. The fraction of sp³-hybridized carbons (Fsp3) is 0.111. The lowest BCUT2D eigenvalue weighted by Gasteiger charge is -2.29. The summed E-state index contributed by atoms with van der Waals surface area (Å²) < 4.78 is 33.1. The number of halogens is 4. The molecule has 3 aromatic carbocycles. The molecule has 0 bridgehead atoms. The van der Waals surface area contributed by atoms with Gasteiger partial charge in [0.25, 0.3) is 5.91 Å². The van der Waals surface area contributed by atoms with Crippen LogP contribution in [0.4, 0.5) is 8.78 Å². The molecular formula is C27H19Cl2F2NO4. The molecule has 1 amide bonds. The molecule has 0 saturated heterocycles. The Morgan fingerprint density at radius 2 is 1.61 bits per heavy atom. The molecule has 1 aromatic heterocycles. The van der Waals surface area contributed by atoms with Crippen LogP contribution in [0.25, 0.3) is 11.3 Å². The van der Waals surface area contributed by atoms with Gasteiger partial charge in [-0.3, -0.25) is 4.79 Å². The van der Waals surface area contributed by atoms with Gasteiger partial charge in [-0.25, -0.2) is 13.6 Å². The van der Waals surface area contributed by atoms with E-state index >= 15 is 0 Å². The Morgan fingerprint density at radius 1 is 0.917 bits per heavy atom. The number of hydrogen-bond acceptors (Lipinski definition) is 3. The molecule has 0 aliphatic carbocycles. The first-order valence-electron chi connectivity index (χ1n) is 10.8. The minimum atomic E-state index is -1.27. The quantitative estimate of drug-likeness (QED) is 0.270. The van der Waals surface area contributed by atoms with Gasteiger partial charge in [-0.15, -0.1) is 0 Å². The molecular weight excluding hydrogens is 511 g/mol. The summed E-state index contributed by atoms with van der Waals surface area (Å²) in [5.74, 6) is -3.04. The Balaban J connectivity index is 1.71. The minimum Gasteiger partial charge on any atom is -0.480 e. The van der Waals surface area contributed by atoms with Crippen LogP contribution in [-0.2, 0) is 17.8 Å². The zero-order chi connectivity index (χ0) is 25.8. The first kappa shape index (κ1) is 25.4. The topological polar surface area (TPSA) is 70.8 Å². The molecule has 0 radical (unpaired) electrons. The number of hydrogen-bond donors (Lipinski definition) is 1. The van der Waals surface area contributed by atoms with Crippen molar-refractivity contribution < 1.29 is 27.9 Å². The lowest BCUT2D eigenvalue weighted by molar-refractivity contribution is -0.142. The summed E-state index contributed by atoms with van der Waals surface area (Å²) in [5.41, 5.74) is 0.941. The Hall–Kier alpha value is -3.68. The summed E-state index contributed by atoms with van der Waals surface area (Å²) in [6.45, 7) is -0.237. The third-order valence-corrected chi connectivity index (χ3v) is 6.04. The number of rotatable bonds is 8. The summed E-state index contributed by atoms with van der Waals surface area (Å²) in [6, 6.07) is 17.9. The number of carbonyl (C=O) groups is 2. The first-order valence-corrected chi connectivity index (χ1v) is 11.5. The Labute approximate surface area is 215 Å².